The van der Waals surface area contributed by atoms with E-state index in [0.717, 1.165) is 30.1 Å². The fourth-order valence-corrected chi connectivity index (χ4v) is 1.27. The van der Waals surface area contributed by atoms with Crippen LogP contribution in [0.15, 0.2) is 18.2 Å². The molecule has 0 bridgehead atoms. The zero-order valence-electron chi connectivity index (χ0n) is 9.05. The van der Waals surface area contributed by atoms with E-state index in [1.54, 1.807) is 7.11 Å². The van der Waals surface area contributed by atoms with Crippen molar-refractivity contribution in [2.24, 2.45) is 0 Å². The number of hydrogen-bond acceptors (Lipinski definition) is 3. The molecule has 0 radical (unpaired) electrons. The Labute approximate surface area is 85.5 Å². The molecule has 0 aliphatic carbocycles. The van der Waals surface area contributed by atoms with Gasteiger partial charge in [-0.1, -0.05) is 6.92 Å². The van der Waals surface area contributed by atoms with Gasteiger partial charge in [-0.3, -0.25) is 0 Å². The van der Waals surface area contributed by atoms with Crippen LogP contribution in [0.1, 0.15) is 13.3 Å². The minimum atomic E-state index is 0.872. The van der Waals surface area contributed by atoms with Crippen LogP contribution in [0, 0.1) is 0 Å². The second-order valence-electron chi connectivity index (χ2n) is 3.09. The van der Waals surface area contributed by atoms with Crippen LogP contribution in [-0.4, -0.2) is 20.7 Å². The van der Waals surface area contributed by atoms with E-state index in [1.807, 2.05) is 25.2 Å². The quantitative estimate of drug-likeness (QED) is 0.755. The second-order valence-corrected chi connectivity index (χ2v) is 3.09. The molecule has 14 heavy (non-hydrogen) atoms. The lowest BCUT2D eigenvalue weighted by atomic mass is 10.2. The average molecular weight is 194 g/mol. The van der Waals surface area contributed by atoms with Crippen LogP contribution in [0.5, 0.6) is 5.75 Å². The normalized spacial score (nSPS) is 9.64. The van der Waals surface area contributed by atoms with Crippen molar-refractivity contribution in [3.63, 3.8) is 0 Å². The Balaban J connectivity index is 2.82. The fraction of sp³-hybridized carbons (Fsp3) is 0.455. The lowest BCUT2D eigenvalue weighted by Gasteiger charge is -2.12. The largest absolute Gasteiger partial charge is 0.497 e. The standard InChI is InChI=1S/C11H18N2O/c1-4-7-13-10-6-5-9(14-3)8-11(10)12-2/h5-6,8,12-13H,4,7H2,1-3H3. The minimum absolute atomic E-state index is 0.872. The number of ether oxygens (including phenoxy) is 1. The maximum absolute atomic E-state index is 5.15. The Bertz CT molecular complexity index is 287. The van der Waals surface area contributed by atoms with Gasteiger partial charge in [0.2, 0.25) is 0 Å². The van der Waals surface area contributed by atoms with E-state index in [2.05, 4.69) is 17.6 Å². The lowest BCUT2D eigenvalue weighted by molar-refractivity contribution is 0.415. The summed E-state index contributed by atoms with van der Waals surface area (Å²) in [4.78, 5) is 0. The molecule has 78 valence electrons. The van der Waals surface area contributed by atoms with Gasteiger partial charge in [0.25, 0.3) is 0 Å². The summed E-state index contributed by atoms with van der Waals surface area (Å²) in [5.41, 5.74) is 2.19. The molecule has 0 amide bonds. The summed E-state index contributed by atoms with van der Waals surface area (Å²) < 4.78 is 5.15. The molecule has 1 aromatic carbocycles. The highest BCUT2D eigenvalue weighted by atomic mass is 16.5. The van der Waals surface area contributed by atoms with Gasteiger partial charge in [-0.05, 0) is 18.6 Å². The molecule has 3 nitrogen and oxygen atoms in total. The van der Waals surface area contributed by atoms with Crippen molar-refractivity contribution >= 4 is 11.4 Å². The molecule has 3 heteroatoms. The van der Waals surface area contributed by atoms with Gasteiger partial charge in [0.05, 0.1) is 18.5 Å². The minimum Gasteiger partial charge on any atom is -0.497 e. The first-order valence-electron chi connectivity index (χ1n) is 4.91. The van der Waals surface area contributed by atoms with Crippen LogP contribution in [0.2, 0.25) is 0 Å². The molecule has 0 saturated heterocycles. The maximum atomic E-state index is 5.15. The van der Waals surface area contributed by atoms with E-state index >= 15 is 0 Å². The number of rotatable bonds is 5. The molecule has 0 spiro atoms. The highest BCUT2D eigenvalue weighted by Crippen LogP contribution is 2.26. The van der Waals surface area contributed by atoms with Gasteiger partial charge in [0.1, 0.15) is 5.75 Å². The van der Waals surface area contributed by atoms with Gasteiger partial charge in [0, 0.05) is 19.7 Å². The van der Waals surface area contributed by atoms with Crippen LogP contribution >= 0.6 is 0 Å². The van der Waals surface area contributed by atoms with Gasteiger partial charge >= 0.3 is 0 Å². The topological polar surface area (TPSA) is 33.3 Å². The van der Waals surface area contributed by atoms with E-state index in [9.17, 15) is 0 Å². The molecule has 2 N–H and O–H groups in total. The van der Waals surface area contributed by atoms with Crippen molar-refractivity contribution in [3.8, 4) is 5.75 Å². The third kappa shape index (κ3) is 2.55. The van der Waals surface area contributed by atoms with Crippen molar-refractivity contribution in [2.45, 2.75) is 13.3 Å². The van der Waals surface area contributed by atoms with Crippen LogP contribution < -0.4 is 15.4 Å². The average Bonchev–Trinajstić information content (AvgIpc) is 2.26. The molecular formula is C11H18N2O. The van der Waals surface area contributed by atoms with Crippen molar-refractivity contribution in [1.82, 2.24) is 0 Å². The molecule has 0 saturated carbocycles. The molecule has 0 aliphatic rings. The summed E-state index contributed by atoms with van der Waals surface area (Å²) in [6, 6.07) is 5.97. The van der Waals surface area contributed by atoms with Gasteiger partial charge in [-0.15, -0.1) is 0 Å². The summed E-state index contributed by atoms with van der Waals surface area (Å²) in [6.45, 7) is 3.14. The first-order valence-corrected chi connectivity index (χ1v) is 4.91. The number of anilines is 2. The Morgan fingerprint density at radius 2 is 2.07 bits per heavy atom. The summed E-state index contributed by atoms with van der Waals surface area (Å²) in [5.74, 6) is 0.872. The highest BCUT2D eigenvalue weighted by Gasteiger charge is 2.01. The molecule has 0 aromatic heterocycles. The van der Waals surface area contributed by atoms with Gasteiger partial charge in [-0.25, -0.2) is 0 Å². The zero-order chi connectivity index (χ0) is 10.4. The number of methoxy groups -OCH3 is 1. The summed E-state index contributed by atoms with van der Waals surface area (Å²) >= 11 is 0. The molecule has 1 rings (SSSR count). The number of benzene rings is 1. The summed E-state index contributed by atoms with van der Waals surface area (Å²) in [5, 5.41) is 6.48. The first-order chi connectivity index (χ1) is 6.81. The van der Waals surface area contributed by atoms with E-state index in [1.165, 1.54) is 0 Å². The zero-order valence-corrected chi connectivity index (χ0v) is 9.05. The van der Waals surface area contributed by atoms with E-state index in [-0.39, 0.29) is 0 Å². The molecule has 0 heterocycles. The molecular weight excluding hydrogens is 176 g/mol. The van der Waals surface area contributed by atoms with E-state index in [0.29, 0.717) is 0 Å². The first kappa shape index (κ1) is 10.7. The lowest BCUT2D eigenvalue weighted by Crippen LogP contribution is -2.03. The Kier molecular flexibility index (Phi) is 4.11. The molecule has 0 unspecified atom stereocenters. The monoisotopic (exact) mass is 194 g/mol. The predicted molar refractivity (Wildman–Crippen MR) is 61.3 cm³/mol. The van der Waals surface area contributed by atoms with Crippen LogP contribution in [0.4, 0.5) is 11.4 Å². The number of hydrogen-bond donors (Lipinski definition) is 2. The van der Waals surface area contributed by atoms with Crippen molar-refractivity contribution in [2.75, 3.05) is 31.3 Å². The Morgan fingerprint density at radius 3 is 2.64 bits per heavy atom. The summed E-state index contributed by atoms with van der Waals surface area (Å²) in [7, 11) is 3.58. The van der Waals surface area contributed by atoms with Crippen LogP contribution in [0.3, 0.4) is 0 Å². The molecule has 1 aromatic rings. The van der Waals surface area contributed by atoms with Crippen LogP contribution in [0.25, 0.3) is 0 Å². The molecule has 0 aliphatic heterocycles. The van der Waals surface area contributed by atoms with Gasteiger partial charge < -0.3 is 15.4 Å². The second kappa shape index (κ2) is 5.37. The predicted octanol–water partition coefficient (Wildman–Crippen LogP) is 2.56. The number of nitrogens with one attached hydrogen (secondary N) is 2. The third-order valence-electron chi connectivity index (χ3n) is 2.06. The third-order valence-corrected chi connectivity index (χ3v) is 2.06. The highest BCUT2D eigenvalue weighted by molar-refractivity contribution is 5.70. The molecule has 0 fully saturated rings. The molecule has 0 atom stereocenters. The van der Waals surface area contributed by atoms with Crippen molar-refractivity contribution in [3.05, 3.63) is 18.2 Å². The van der Waals surface area contributed by atoms with Crippen molar-refractivity contribution < 1.29 is 4.74 Å². The van der Waals surface area contributed by atoms with Gasteiger partial charge in [0.15, 0.2) is 0 Å². The SMILES string of the molecule is CCCNc1ccc(OC)cc1NC. The van der Waals surface area contributed by atoms with Crippen LogP contribution in [-0.2, 0) is 0 Å². The maximum Gasteiger partial charge on any atom is 0.121 e. The summed E-state index contributed by atoms with van der Waals surface area (Å²) in [6.07, 6.45) is 1.12. The fourth-order valence-electron chi connectivity index (χ4n) is 1.27. The van der Waals surface area contributed by atoms with Gasteiger partial charge in [-0.2, -0.15) is 0 Å². The van der Waals surface area contributed by atoms with Crippen molar-refractivity contribution in [1.29, 1.82) is 0 Å². The van der Waals surface area contributed by atoms with E-state index in [4.69, 9.17) is 4.74 Å². The van der Waals surface area contributed by atoms with E-state index < -0.39 is 0 Å². The Hall–Kier alpha value is -1.38. The smallest absolute Gasteiger partial charge is 0.121 e. The Morgan fingerprint density at radius 1 is 1.29 bits per heavy atom.